The van der Waals surface area contributed by atoms with Crippen molar-refractivity contribution in [3.8, 4) is 0 Å². The third-order valence-corrected chi connectivity index (χ3v) is 6.02. The molecule has 2 atom stereocenters. The first-order chi connectivity index (χ1) is 12.6. The van der Waals surface area contributed by atoms with Crippen molar-refractivity contribution in [1.82, 2.24) is 10.2 Å². The third kappa shape index (κ3) is 5.23. The fourth-order valence-electron chi connectivity index (χ4n) is 3.74. The van der Waals surface area contributed by atoms with Crippen molar-refractivity contribution in [1.29, 1.82) is 0 Å². The number of nitrogens with zero attached hydrogens (tertiary/aromatic N) is 1. The number of carbonyl (C=O) groups is 2. The van der Waals surface area contributed by atoms with Crippen molar-refractivity contribution in [3.05, 3.63) is 29.8 Å². The molecule has 1 aromatic rings. The van der Waals surface area contributed by atoms with Gasteiger partial charge in [-0.3, -0.25) is 9.59 Å². The molecule has 27 heavy (non-hydrogen) atoms. The zero-order valence-electron chi connectivity index (χ0n) is 15.9. The second-order valence-corrected chi connectivity index (χ2v) is 8.30. The molecule has 0 radical (unpaired) electrons. The van der Waals surface area contributed by atoms with Gasteiger partial charge in [-0.25, -0.2) is 0 Å². The standard InChI is InChI=1S/C21H29N3O2.ClH/c1-14-12-19(14)20(25)23-18-6-4-16(5-7-18)21(26)24-10-8-17(9-11-24)22-13-15-2-3-15;/h4-7,14-15,17,19,22H,2-3,8-13H2,1H3,(H,23,25);1H. The van der Waals surface area contributed by atoms with Crippen molar-refractivity contribution >= 4 is 29.9 Å². The molecule has 2 unspecified atom stereocenters. The molecule has 0 bridgehead atoms. The number of likely N-dealkylation sites (tertiary alicyclic amines) is 1. The molecule has 1 heterocycles. The van der Waals surface area contributed by atoms with E-state index >= 15 is 0 Å². The number of anilines is 1. The molecule has 2 saturated carbocycles. The first kappa shape index (κ1) is 20.2. The Hall–Kier alpha value is -1.59. The summed E-state index contributed by atoms with van der Waals surface area (Å²) in [6, 6.07) is 7.88. The number of benzene rings is 1. The van der Waals surface area contributed by atoms with Crippen LogP contribution in [-0.2, 0) is 4.79 Å². The molecule has 4 rings (SSSR count). The van der Waals surface area contributed by atoms with Crippen LogP contribution in [0.1, 0.15) is 49.4 Å². The highest BCUT2D eigenvalue weighted by Gasteiger charge is 2.39. The minimum absolute atomic E-state index is 0. The largest absolute Gasteiger partial charge is 0.339 e. The summed E-state index contributed by atoms with van der Waals surface area (Å²) < 4.78 is 0. The fourth-order valence-corrected chi connectivity index (χ4v) is 3.74. The highest BCUT2D eigenvalue weighted by atomic mass is 35.5. The van der Waals surface area contributed by atoms with Crippen LogP contribution in [0, 0.1) is 17.8 Å². The van der Waals surface area contributed by atoms with E-state index in [0.29, 0.717) is 17.5 Å². The number of nitrogens with one attached hydrogen (secondary N) is 2. The Bertz CT molecular complexity index is 667. The summed E-state index contributed by atoms with van der Waals surface area (Å²) >= 11 is 0. The molecular formula is C21H30ClN3O2. The molecule has 1 aliphatic heterocycles. The van der Waals surface area contributed by atoms with Gasteiger partial charge in [-0.05, 0) is 74.8 Å². The van der Waals surface area contributed by atoms with Gasteiger partial charge in [0, 0.05) is 36.3 Å². The third-order valence-electron chi connectivity index (χ3n) is 6.02. The SMILES string of the molecule is CC1CC1C(=O)Nc1ccc(C(=O)N2CCC(NCC3CC3)CC2)cc1.Cl. The van der Waals surface area contributed by atoms with Gasteiger partial charge in [-0.2, -0.15) is 0 Å². The summed E-state index contributed by atoms with van der Waals surface area (Å²) in [7, 11) is 0. The number of hydrogen-bond acceptors (Lipinski definition) is 3. The lowest BCUT2D eigenvalue weighted by molar-refractivity contribution is -0.117. The minimum atomic E-state index is 0. The van der Waals surface area contributed by atoms with E-state index in [0.717, 1.165) is 50.5 Å². The first-order valence-electron chi connectivity index (χ1n) is 10.0. The Morgan fingerprint density at radius 2 is 1.70 bits per heavy atom. The highest BCUT2D eigenvalue weighted by molar-refractivity contribution is 5.97. The predicted octanol–water partition coefficient (Wildman–Crippen LogP) is 3.31. The quantitative estimate of drug-likeness (QED) is 0.782. The average molecular weight is 392 g/mol. The van der Waals surface area contributed by atoms with E-state index in [-0.39, 0.29) is 30.1 Å². The van der Waals surface area contributed by atoms with E-state index in [1.54, 1.807) is 0 Å². The van der Waals surface area contributed by atoms with E-state index in [1.807, 2.05) is 29.2 Å². The maximum absolute atomic E-state index is 12.7. The molecule has 3 aliphatic rings. The Morgan fingerprint density at radius 3 is 2.26 bits per heavy atom. The van der Waals surface area contributed by atoms with Crippen LogP contribution in [0.25, 0.3) is 0 Å². The lowest BCUT2D eigenvalue weighted by Crippen LogP contribution is -2.45. The second-order valence-electron chi connectivity index (χ2n) is 8.30. The molecular weight excluding hydrogens is 362 g/mol. The first-order valence-corrected chi connectivity index (χ1v) is 10.0. The van der Waals surface area contributed by atoms with Crippen molar-refractivity contribution in [2.45, 2.75) is 45.1 Å². The van der Waals surface area contributed by atoms with E-state index < -0.39 is 0 Å². The molecule has 0 aromatic heterocycles. The van der Waals surface area contributed by atoms with Gasteiger partial charge in [-0.15, -0.1) is 12.4 Å². The number of piperidine rings is 1. The summed E-state index contributed by atoms with van der Waals surface area (Å²) in [5, 5.41) is 6.59. The zero-order chi connectivity index (χ0) is 18.1. The van der Waals surface area contributed by atoms with Crippen LogP contribution in [0.15, 0.2) is 24.3 Å². The molecule has 6 heteroatoms. The van der Waals surface area contributed by atoms with Crippen LogP contribution in [0.5, 0.6) is 0 Å². The second kappa shape index (κ2) is 8.61. The van der Waals surface area contributed by atoms with Crippen molar-refractivity contribution in [3.63, 3.8) is 0 Å². The summed E-state index contributed by atoms with van der Waals surface area (Å²) in [6.45, 7) is 4.88. The van der Waals surface area contributed by atoms with Gasteiger partial charge in [0.15, 0.2) is 0 Å². The Morgan fingerprint density at radius 1 is 1.07 bits per heavy atom. The van der Waals surface area contributed by atoms with Gasteiger partial charge in [0.2, 0.25) is 5.91 Å². The Balaban J connectivity index is 0.00000210. The van der Waals surface area contributed by atoms with Crippen LogP contribution in [0.3, 0.4) is 0 Å². The normalized spacial score (nSPS) is 24.9. The molecule has 2 amide bonds. The predicted molar refractivity (Wildman–Crippen MR) is 109 cm³/mol. The maximum atomic E-state index is 12.7. The Labute approximate surface area is 167 Å². The van der Waals surface area contributed by atoms with E-state index in [1.165, 1.54) is 12.8 Å². The lowest BCUT2D eigenvalue weighted by atomic mass is 10.0. The maximum Gasteiger partial charge on any atom is 0.253 e. The van der Waals surface area contributed by atoms with Gasteiger partial charge in [0.1, 0.15) is 0 Å². The van der Waals surface area contributed by atoms with E-state index in [9.17, 15) is 9.59 Å². The molecule has 148 valence electrons. The van der Waals surface area contributed by atoms with Gasteiger partial charge in [0.25, 0.3) is 5.91 Å². The zero-order valence-corrected chi connectivity index (χ0v) is 16.8. The molecule has 1 aromatic carbocycles. The average Bonchev–Trinajstić information content (AvgIpc) is 3.57. The van der Waals surface area contributed by atoms with Crippen LogP contribution in [0.4, 0.5) is 5.69 Å². The lowest BCUT2D eigenvalue weighted by Gasteiger charge is -2.32. The Kier molecular flexibility index (Phi) is 6.43. The number of rotatable bonds is 6. The van der Waals surface area contributed by atoms with Crippen LogP contribution in [-0.4, -0.2) is 42.4 Å². The molecule has 0 spiro atoms. The topological polar surface area (TPSA) is 61.4 Å². The monoisotopic (exact) mass is 391 g/mol. The van der Waals surface area contributed by atoms with Crippen LogP contribution < -0.4 is 10.6 Å². The van der Waals surface area contributed by atoms with Crippen molar-refractivity contribution < 1.29 is 9.59 Å². The van der Waals surface area contributed by atoms with E-state index in [4.69, 9.17) is 0 Å². The van der Waals surface area contributed by atoms with Crippen molar-refractivity contribution in [2.24, 2.45) is 17.8 Å². The molecule has 1 saturated heterocycles. The summed E-state index contributed by atoms with van der Waals surface area (Å²) in [4.78, 5) is 26.6. The minimum Gasteiger partial charge on any atom is -0.339 e. The number of carbonyl (C=O) groups excluding carboxylic acids is 2. The smallest absolute Gasteiger partial charge is 0.253 e. The highest BCUT2D eigenvalue weighted by Crippen LogP contribution is 2.38. The number of halogens is 1. The summed E-state index contributed by atoms with van der Waals surface area (Å²) in [5.74, 6) is 1.75. The summed E-state index contributed by atoms with van der Waals surface area (Å²) in [6.07, 6.45) is 5.80. The fraction of sp³-hybridized carbons (Fsp3) is 0.619. The molecule has 2 N–H and O–H groups in total. The molecule has 5 nitrogen and oxygen atoms in total. The number of hydrogen-bond donors (Lipinski definition) is 2. The van der Waals surface area contributed by atoms with Gasteiger partial charge < -0.3 is 15.5 Å². The molecule has 3 fully saturated rings. The number of amides is 2. The van der Waals surface area contributed by atoms with Crippen molar-refractivity contribution in [2.75, 3.05) is 25.0 Å². The van der Waals surface area contributed by atoms with Gasteiger partial charge in [-0.1, -0.05) is 6.92 Å². The van der Waals surface area contributed by atoms with Crippen LogP contribution >= 0.6 is 12.4 Å². The van der Waals surface area contributed by atoms with Gasteiger partial charge in [0.05, 0.1) is 0 Å². The summed E-state index contributed by atoms with van der Waals surface area (Å²) in [5.41, 5.74) is 1.47. The van der Waals surface area contributed by atoms with E-state index in [2.05, 4.69) is 17.6 Å². The van der Waals surface area contributed by atoms with Gasteiger partial charge >= 0.3 is 0 Å². The molecule has 2 aliphatic carbocycles. The van der Waals surface area contributed by atoms with Crippen LogP contribution in [0.2, 0.25) is 0 Å².